The van der Waals surface area contributed by atoms with E-state index < -0.39 is 0 Å². The predicted molar refractivity (Wildman–Crippen MR) is 63.5 cm³/mol. The van der Waals surface area contributed by atoms with Crippen LogP contribution in [0.4, 0.5) is 5.82 Å². The van der Waals surface area contributed by atoms with Gasteiger partial charge in [-0.2, -0.15) is 0 Å². The summed E-state index contributed by atoms with van der Waals surface area (Å²) in [7, 11) is 0. The highest BCUT2D eigenvalue weighted by atomic mass is 35.5. The monoisotopic (exact) mass is 239 g/mol. The van der Waals surface area contributed by atoms with Crippen molar-refractivity contribution in [2.75, 3.05) is 18.4 Å². The molecule has 1 amide bonds. The number of nitrogens with one attached hydrogen (secondary N) is 2. The lowest BCUT2D eigenvalue weighted by Crippen LogP contribution is -2.37. The lowest BCUT2D eigenvalue weighted by molar-refractivity contribution is -0.120. The van der Waals surface area contributed by atoms with Gasteiger partial charge in [-0.1, -0.05) is 11.6 Å². The van der Waals surface area contributed by atoms with E-state index in [1.807, 2.05) is 0 Å². The molecule has 0 spiro atoms. The van der Waals surface area contributed by atoms with Gasteiger partial charge in [0.2, 0.25) is 5.91 Å². The van der Waals surface area contributed by atoms with Crippen molar-refractivity contribution in [1.29, 1.82) is 0 Å². The summed E-state index contributed by atoms with van der Waals surface area (Å²) in [5.41, 5.74) is 0. The van der Waals surface area contributed by atoms with Gasteiger partial charge in [-0.25, -0.2) is 4.98 Å². The summed E-state index contributed by atoms with van der Waals surface area (Å²) in [5, 5.41) is 6.43. The Morgan fingerprint density at radius 3 is 3.19 bits per heavy atom. The third-order valence-electron chi connectivity index (χ3n) is 2.67. The van der Waals surface area contributed by atoms with Crippen LogP contribution in [0.1, 0.15) is 12.8 Å². The molecular formula is C11H14ClN3O. The van der Waals surface area contributed by atoms with Crippen LogP contribution in [0.15, 0.2) is 18.3 Å². The number of hydrogen-bond donors (Lipinski definition) is 2. The van der Waals surface area contributed by atoms with Crippen LogP contribution in [0.2, 0.25) is 5.02 Å². The third-order valence-corrected chi connectivity index (χ3v) is 2.97. The first-order chi connectivity index (χ1) is 7.77. The van der Waals surface area contributed by atoms with Crippen LogP contribution in [0.25, 0.3) is 0 Å². The molecule has 0 aromatic carbocycles. The van der Waals surface area contributed by atoms with Crippen LogP contribution in [0, 0.1) is 5.92 Å². The van der Waals surface area contributed by atoms with Gasteiger partial charge in [0.25, 0.3) is 0 Å². The Hall–Kier alpha value is -1.13. The second kappa shape index (κ2) is 5.27. The highest BCUT2D eigenvalue weighted by Gasteiger charge is 2.21. The number of aromatic nitrogens is 1. The number of anilines is 1. The van der Waals surface area contributed by atoms with Crippen LogP contribution in [-0.2, 0) is 4.79 Å². The lowest BCUT2D eigenvalue weighted by atomic mass is 9.99. The quantitative estimate of drug-likeness (QED) is 0.826. The van der Waals surface area contributed by atoms with E-state index in [9.17, 15) is 4.79 Å². The molecule has 1 unspecified atom stereocenters. The molecule has 1 aliphatic heterocycles. The Morgan fingerprint density at radius 2 is 2.50 bits per heavy atom. The second-order valence-electron chi connectivity index (χ2n) is 3.87. The maximum Gasteiger partial charge on any atom is 0.229 e. The maximum atomic E-state index is 11.9. The Balaban J connectivity index is 1.99. The highest BCUT2D eigenvalue weighted by molar-refractivity contribution is 6.33. The van der Waals surface area contributed by atoms with Crippen molar-refractivity contribution in [3.05, 3.63) is 23.4 Å². The van der Waals surface area contributed by atoms with Crippen molar-refractivity contribution in [3.63, 3.8) is 0 Å². The Morgan fingerprint density at radius 1 is 1.62 bits per heavy atom. The van der Waals surface area contributed by atoms with Crippen molar-refractivity contribution in [3.8, 4) is 0 Å². The molecule has 1 atom stereocenters. The van der Waals surface area contributed by atoms with Gasteiger partial charge in [-0.05, 0) is 31.5 Å². The van der Waals surface area contributed by atoms with E-state index in [4.69, 9.17) is 11.6 Å². The molecule has 0 bridgehead atoms. The van der Waals surface area contributed by atoms with Gasteiger partial charge in [-0.15, -0.1) is 0 Å². The molecule has 4 nitrogen and oxygen atoms in total. The molecular weight excluding hydrogens is 226 g/mol. The fourth-order valence-electron chi connectivity index (χ4n) is 1.77. The SMILES string of the molecule is O=C(Nc1ncccc1Cl)C1CCCNC1. The summed E-state index contributed by atoms with van der Waals surface area (Å²) >= 11 is 5.91. The van der Waals surface area contributed by atoms with E-state index in [0.29, 0.717) is 10.8 Å². The summed E-state index contributed by atoms with van der Waals surface area (Å²) in [6.45, 7) is 1.73. The first-order valence-corrected chi connectivity index (χ1v) is 5.77. The topological polar surface area (TPSA) is 54.0 Å². The van der Waals surface area contributed by atoms with Crippen LogP contribution in [0.3, 0.4) is 0 Å². The van der Waals surface area contributed by atoms with E-state index in [0.717, 1.165) is 25.9 Å². The molecule has 5 heteroatoms. The predicted octanol–water partition coefficient (Wildman–Crippen LogP) is 1.67. The van der Waals surface area contributed by atoms with E-state index in [1.54, 1.807) is 18.3 Å². The number of carbonyl (C=O) groups excluding carboxylic acids is 1. The van der Waals surface area contributed by atoms with Crippen molar-refractivity contribution >= 4 is 23.3 Å². The molecule has 86 valence electrons. The molecule has 2 heterocycles. The molecule has 1 aromatic heterocycles. The molecule has 0 saturated carbocycles. The average molecular weight is 240 g/mol. The lowest BCUT2D eigenvalue weighted by Gasteiger charge is -2.21. The number of carbonyl (C=O) groups is 1. The van der Waals surface area contributed by atoms with Gasteiger partial charge in [-0.3, -0.25) is 4.79 Å². The van der Waals surface area contributed by atoms with Gasteiger partial charge in [0.15, 0.2) is 5.82 Å². The van der Waals surface area contributed by atoms with Crippen LogP contribution in [0.5, 0.6) is 0 Å². The molecule has 1 aromatic rings. The standard InChI is InChI=1S/C11H14ClN3O/c12-9-4-2-6-14-10(9)15-11(16)8-3-1-5-13-7-8/h2,4,6,8,13H,1,3,5,7H2,(H,14,15,16). The Bertz CT molecular complexity index is 377. The molecule has 2 rings (SSSR count). The number of piperidine rings is 1. The maximum absolute atomic E-state index is 11.9. The van der Waals surface area contributed by atoms with Crippen LogP contribution >= 0.6 is 11.6 Å². The number of nitrogens with zero attached hydrogens (tertiary/aromatic N) is 1. The van der Waals surface area contributed by atoms with E-state index in [-0.39, 0.29) is 11.8 Å². The molecule has 1 aliphatic rings. The van der Waals surface area contributed by atoms with Crippen LogP contribution in [-0.4, -0.2) is 24.0 Å². The molecule has 16 heavy (non-hydrogen) atoms. The Labute approximate surface area is 99.4 Å². The van der Waals surface area contributed by atoms with Crippen molar-refractivity contribution < 1.29 is 4.79 Å². The minimum atomic E-state index is -0.00667. The van der Waals surface area contributed by atoms with Crippen molar-refractivity contribution in [2.45, 2.75) is 12.8 Å². The number of pyridine rings is 1. The molecule has 2 N–H and O–H groups in total. The van der Waals surface area contributed by atoms with Gasteiger partial charge < -0.3 is 10.6 Å². The summed E-state index contributed by atoms with van der Waals surface area (Å²) in [6.07, 6.45) is 3.57. The smallest absolute Gasteiger partial charge is 0.229 e. The van der Waals surface area contributed by atoms with Crippen molar-refractivity contribution in [1.82, 2.24) is 10.3 Å². The zero-order valence-corrected chi connectivity index (χ0v) is 9.63. The van der Waals surface area contributed by atoms with E-state index in [2.05, 4.69) is 15.6 Å². The van der Waals surface area contributed by atoms with Gasteiger partial charge in [0.1, 0.15) is 0 Å². The summed E-state index contributed by atoms with van der Waals surface area (Å²) in [6, 6.07) is 3.45. The second-order valence-corrected chi connectivity index (χ2v) is 4.27. The number of hydrogen-bond acceptors (Lipinski definition) is 3. The fraction of sp³-hybridized carbons (Fsp3) is 0.455. The highest BCUT2D eigenvalue weighted by Crippen LogP contribution is 2.19. The summed E-state index contributed by atoms with van der Waals surface area (Å²) < 4.78 is 0. The number of amides is 1. The third kappa shape index (κ3) is 2.71. The van der Waals surface area contributed by atoms with E-state index in [1.165, 1.54) is 0 Å². The molecule has 1 saturated heterocycles. The number of rotatable bonds is 2. The average Bonchev–Trinajstić information content (AvgIpc) is 2.33. The first kappa shape index (κ1) is 11.4. The number of halogens is 1. The van der Waals surface area contributed by atoms with Crippen LogP contribution < -0.4 is 10.6 Å². The van der Waals surface area contributed by atoms with E-state index >= 15 is 0 Å². The normalized spacial score (nSPS) is 20.4. The fourth-order valence-corrected chi connectivity index (χ4v) is 1.94. The largest absolute Gasteiger partial charge is 0.316 e. The minimum Gasteiger partial charge on any atom is -0.316 e. The Kier molecular flexibility index (Phi) is 3.74. The van der Waals surface area contributed by atoms with Gasteiger partial charge >= 0.3 is 0 Å². The zero-order chi connectivity index (χ0) is 11.4. The molecule has 1 fully saturated rings. The van der Waals surface area contributed by atoms with Crippen molar-refractivity contribution in [2.24, 2.45) is 5.92 Å². The molecule has 0 radical (unpaired) electrons. The van der Waals surface area contributed by atoms with Gasteiger partial charge in [0, 0.05) is 12.7 Å². The zero-order valence-electron chi connectivity index (χ0n) is 8.87. The van der Waals surface area contributed by atoms with Gasteiger partial charge in [0.05, 0.1) is 10.9 Å². The summed E-state index contributed by atoms with van der Waals surface area (Å²) in [4.78, 5) is 15.9. The molecule has 0 aliphatic carbocycles. The summed E-state index contributed by atoms with van der Waals surface area (Å²) in [5.74, 6) is 0.458. The minimum absolute atomic E-state index is 0.00667. The first-order valence-electron chi connectivity index (χ1n) is 5.39.